The second kappa shape index (κ2) is 7.53. The maximum atomic E-state index is 11.9. The molecule has 0 atom stereocenters. The second-order valence-corrected chi connectivity index (χ2v) is 7.48. The molecule has 3 rings (SSSR count). The Hall–Kier alpha value is -1.70. The van der Waals surface area contributed by atoms with Gasteiger partial charge in [0, 0.05) is 5.75 Å². The van der Waals surface area contributed by atoms with Crippen molar-refractivity contribution in [1.82, 2.24) is 10.2 Å². The van der Waals surface area contributed by atoms with Crippen LogP contribution in [0.2, 0.25) is 0 Å². The lowest BCUT2D eigenvalue weighted by Crippen LogP contribution is -2.13. The number of anilines is 1. The first-order valence-corrected chi connectivity index (χ1v) is 9.35. The quantitative estimate of drug-likeness (QED) is 0.539. The third kappa shape index (κ3) is 4.40. The van der Waals surface area contributed by atoms with Gasteiger partial charge in [-0.3, -0.25) is 4.79 Å². The highest BCUT2D eigenvalue weighted by molar-refractivity contribution is 8.00. The van der Waals surface area contributed by atoms with Crippen LogP contribution in [0.25, 0.3) is 0 Å². The van der Waals surface area contributed by atoms with Crippen molar-refractivity contribution < 1.29 is 4.79 Å². The summed E-state index contributed by atoms with van der Waals surface area (Å²) in [6, 6.07) is 12.2. The molecular formula is C15H13N3OS3. The topological polar surface area (TPSA) is 54.9 Å². The minimum atomic E-state index is -0.0610. The van der Waals surface area contributed by atoms with Gasteiger partial charge in [0.1, 0.15) is 0 Å². The largest absolute Gasteiger partial charge is 0.300 e. The maximum absolute atomic E-state index is 11.9. The number of aromatic nitrogens is 2. The second-order valence-electron chi connectivity index (χ2n) is 4.50. The molecular weight excluding hydrogens is 334 g/mol. The Morgan fingerprint density at radius 3 is 2.77 bits per heavy atom. The molecule has 112 valence electrons. The Labute approximate surface area is 140 Å². The van der Waals surface area contributed by atoms with Crippen LogP contribution in [0.15, 0.2) is 51.5 Å². The minimum Gasteiger partial charge on any atom is -0.300 e. The van der Waals surface area contributed by atoms with E-state index in [1.165, 1.54) is 16.9 Å². The smallest absolute Gasteiger partial charge is 0.230 e. The van der Waals surface area contributed by atoms with Gasteiger partial charge in [-0.2, -0.15) is 11.3 Å². The molecule has 0 aliphatic carbocycles. The number of carbonyl (C=O) groups excluding carboxylic acids is 1. The van der Waals surface area contributed by atoms with Crippen LogP contribution in [0.1, 0.15) is 11.1 Å². The van der Waals surface area contributed by atoms with Gasteiger partial charge in [-0.05, 0) is 28.0 Å². The van der Waals surface area contributed by atoms with E-state index in [-0.39, 0.29) is 5.91 Å². The summed E-state index contributed by atoms with van der Waals surface area (Å²) in [4.78, 5) is 11.9. The predicted octanol–water partition coefficient (Wildman–Crippen LogP) is 4.07. The molecule has 2 heterocycles. The molecule has 0 spiro atoms. The average Bonchev–Trinajstić information content (AvgIpc) is 3.18. The molecule has 0 saturated heterocycles. The first kappa shape index (κ1) is 15.2. The van der Waals surface area contributed by atoms with Gasteiger partial charge in [-0.25, -0.2) is 0 Å². The highest BCUT2D eigenvalue weighted by Gasteiger charge is 2.09. The molecule has 1 amide bonds. The van der Waals surface area contributed by atoms with E-state index in [4.69, 9.17) is 0 Å². The summed E-state index contributed by atoms with van der Waals surface area (Å²) in [6.07, 6.45) is 0.371. The molecule has 3 aromatic rings. The molecule has 1 N–H and O–H groups in total. The predicted molar refractivity (Wildman–Crippen MR) is 92.6 cm³/mol. The third-order valence-corrected chi connectivity index (χ3v) is 5.58. The fourth-order valence-electron chi connectivity index (χ4n) is 1.78. The van der Waals surface area contributed by atoms with Gasteiger partial charge in [0.05, 0.1) is 6.42 Å². The molecule has 22 heavy (non-hydrogen) atoms. The summed E-state index contributed by atoms with van der Waals surface area (Å²) in [5.74, 6) is 0.785. The molecule has 0 aliphatic heterocycles. The zero-order chi connectivity index (χ0) is 15.2. The van der Waals surface area contributed by atoms with Crippen molar-refractivity contribution in [1.29, 1.82) is 0 Å². The summed E-state index contributed by atoms with van der Waals surface area (Å²) in [6.45, 7) is 0. The molecule has 7 heteroatoms. The van der Waals surface area contributed by atoms with Crippen molar-refractivity contribution in [3.8, 4) is 0 Å². The molecule has 2 aromatic heterocycles. The van der Waals surface area contributed by atoms with E-state index < -0.39 is 0 Å². The highest BCUT2D eigenvalue weighted by Crippen LogP contribution is 2.28. The van der Waals surface area contributed by atoms with E-state index >= 15 is 0 Å². The molecule has 0 bridgehead atoms. The third-order valence-electron chi connectivity index (χ3n) is 2.80. The Balaban J connectivity index is 1.51. The number of nitrogens with one attached hydrogen (secondary N) is 1. The molecule has 4 nitrogen and oxygen atoms in total. The fourth-order valence-corrected chi connectivity index (χ4v) is 4.17. The van der Waals surface area contributed by atoms with Crippen LogP contribution in [0.3, 0.4) is 0 Å². The number of thioether (sulfide) groups is 1. The molecule has 0 radical (unpaired) electrons. The van der Waals surface area contributed by atoms with Crippen LogP contribution in [-0.4, -0.2) is 16.1 Å². The molecule has 0 fully saturated rings. The number of hydrogen-bond donors (Lipinski definition) is 1. The van der Waals surface area contributed by atoms with Gasteiger partial charge in [0.15, 0.2) is 4.34 Å². The van der Waals surface area contributed by atoms with Gasteiger partial charge < -0.3 is 5.32 Å². The van der Waals surface area contributed by atoms with Crippen molar-refractivity contribution in [3.05, 3.63) is 58.3 Å². The van der Waals surface area contributed by atoms with E-state index in [9.17, 15) is 4.79 Å². The van der Waals surface area contributed by atoms with Crippen LogP contribution in [0, 0.1) is 0 Å². The summed E-state index contributed by atoms with van der Waals surface area (Å²) < 4.78 is 0.856. The van der Waals surface area contributed by atoms with Crippen molar-refractivity contribution in [2.24, 2.45) is 0 Å². The minimum absolute atomic E-state index is 0.0610. The van der Waals surface area contributed by atoms with Crippen LogP contribution >= 0.6 is 34.4 Å². The Morgan fingerprint density at radius 2 is 2.00 bits per heavy atom. The van der Waals surface area contributed by atoms with Gasteiger partial charge in [-0.1, -0.05) is 53.4 Å². The van der Waals surface area contributed by atoms with Gasteiger partial charge in [-0.15, -0.1) is 10.2 Å². The van der Waals surface area contributed by atoms with E-state index in [0.29, 0.717) is 11.6 Å². The van der Waals surface area contributed by atoms with Crippen molar-refractivity contribution in [2.45, 2.75) is 16.5 Å². The van der Waals surface area contributed by atoms with Crippen LogP contribution in [-0.2, 0) is 17.0 Å². The summed E-state index contributed by atoms with van der Waals surface area (Å²) in [7, 11) is 0. The zero-order valence-corrected chi connectivity index (χ0v) is 14.0. The molecule has 0 unspecified atom stereocenters. The van der Waals surface area contributed by atoms with Gasteiger partial charge in [0.2, 0.25) is 11.0 Å². The van der Waals surface area contributed by atoms with E-state index in [1.54, 1.807) is 23.1 Å². The van der Waals surface area contributed by atoms with Crippen molar-refractivity contribution in [2.75, 3.05) is 5.32 Å². The number of rotatable bonds is 6. The normalized spacial score (nSPS) is 10.5. The highest BCUT2D eigenvalue weighted by atomic mass is 32.2. The zero-order valence-electron chi connectivity index (χ0n) is 11.6. The first-order chi connectivity index (χ1) is 10.8. The lowest BCUT2D eigenvalue weighted by Gasteiger charge is -1.98. The van der Waals surface area contributed by atoms with Crippen molar-refractivity contribution in [3.63, 3.8) is 0 Å². The maximum Gasteiger partial charge on any atom is 0.230 e. The lowest BCUT2D eigenvalue weighted by atomic mass is 10.2. The molecule has 0 saturated carbocycles. The number of nitrogens with zero attached hydrogens (tertiary/aromatic N) is 2. The van der Waals surface area contributed by atoms with Crippen LogP contribution in [0.5, 0.6) is 0 Å². The standard InChI is InChI=1S/C15H13N3OS3/c19-13(8-12-6-7-20-9-12)16-14-17-18-15(22-14)21-10-11-4-2-1-3-5-11/h1-7,9H,8,10H2,(H,16,17,19). The summed E-state index contributed by atoms with van der Waals surface area (Å²) >= 11 is 4.61. The van der Waals surface area contributed by atoms with E-state index in [2.05, 4.69) is 27.6 Å². The molecule has 1 aromatic carbocycles. The monoisotopic (exact) mass is 347 g/mol. The average molecular weight is 347 g/mol. The summed E-state index contributed by atoms with van der Waals surface area (Å²) in [5, 5.41) is 15.4. The van der Waals surface area contributed by atoms with Gasteiger partial charge >= 0.3 is 0 Å². The Morgan fingerprint density at radius 1 is 1.14 bits per heavy atom. The number of amides is 1. The van der Waals surface area contributed by atoms with Gasteiger partial charge in [0.25, 0.3) is 0 Å². The lowest BCUT2D eigenvalue weighted by molar-refractivity contribution is -0.115. The first-order valence-electron chi connectivity index (χ1n) is 6.61. The number of carbonyl (C=O) groups is 1. The molecule has 0 aliphatic rings. The van der Waals surface area contributed by atoms with Crippen molar-refractivity contribution >= 4 is 45.5 Å². The van der Waals surface area contributed by atoms with Crippen LogP contribution < -0.4 is 5.32 Å². The number of benzene rings is 1. The SMILES string of the molecule is O=C(Cc1ccsc1)Nc1nnc(SCc2ccccc2)s1. The fraction of sp³-hybridized carbons (Fsp3) is 0.133. The Kier molecular flexibility index (Phi) is 5.20. The van der Waals surface area contributed by atoms with Crippen LogP contribution in [0.4, 0.5) is 5.13 Å². The summed E-state index contributed by atoms with van der Waals surface area (Å²) in [5.41, 5.74) is 2.26. The van der Waals surface area contributed by atoms with E-state index in [0.717, 1.165) is 15.7 Å². The van der Waals surface area contributed by atoms with E-state index in [1.807, 2.05) is 35.0 Å². The Bertz CT molecular complexity index is 726. The number of hydrogen-bond acceptors (Lipinski definition) is 6. The number of thiophene rings is 1.